The van der Waals surface area contributed by atoms with E-state index in [0.29, 0.717) is 0 Å². The summed E-state index contributed by atoms with van der Waals surface area (Å²) in [6.45, 7) is 2.14. The zero-order valence-electron chi connectivity index (χ0n) is 23.9. The van der Waals surface area contributed by atoms with Crippen molar-refractivity contribution in [1.82, 2.24) is 0 Å². The van der Waals surface area contributed by atoms with Crippen molar-refractivity contribution in [3.63, 3.8) is 0 Å². The van der Waals surface area contributed by atoms with E-state index in [2.05, 4.69) is 72.1 Å². The molecule has 0 saturated heterocycles. The monoisotopic (exact) mass is 542 g/mol. The van der Waals surface area contributed by atoms with Crippen LogP contribution >= 0.6 is 0 Å². The van der Waals surface area contributed by atoms with Crippen molar-refractivity contribution in [2.75, 3.05) is 28.4 Å². The van der Waals surface area contributed by atoms with Gasteiger partial charge in [-0.25, -0.2) is 0 Å². The Morgan fingerprint density at radius 3 is 1.51 bits per heavy atom. The molecular weight excluding hydrogens is 510 g/mol. The molecule has 5 nitrogen and oxygen atoms in total. The number of nitrogens with zero attached hydrogens (tertiary/aromatic N) is 1. The highest BCUT2D eigenvalue weighted by molar-refractivity contribution is 6.10. The SMILES string of the molecule is COc1ccc(-c2c(-c3ccc(OC)cc3)[n+]3cc(C)cc(-c4ccc(OC)cc4)c3c3ccc(OC)cc23)cc1. The summed E-state index contributed by atoms with van der Waals surface area (Å²) < 4.78 is 24.5. The van der Waals surface area contributed by atoms with Gasteiger partial charge in [-0.1, -0.05) is 24.3 Å². The van der Waals surface area contributed by atoms with Crippen molar-refractivity contribution < 1.29 is 23.3 Å². The smallest absolute Gasteiger partial charge is 0.226 e. The van der Waals surface area contributed by atoms with Crippen LogP contribution in [0, 0.1) is 6.92 Å². The zero-order chi connectivity index (χ0) is 28.5. The summed E-state index contributed by atoms with van der Waals surface area (Å²) in [6.07, 6.45) is 2.22. The number of benzene rings is 4. The molecule has 41 heavy (non-hydrogen) atoms. The molecule has 0 aliphatic rings. The minimum absolute atomic E-state index is 0.801. The minimum atomic E-state index is 0.801. The van der Waals surface area contributed by atoms with Crippen LogP contribution in [0.15, 0.2) is 103 Å². The highest BCUT2D eigenvalue weighted by Gasteiger charge is 2.28. The van der Waals surface area contributed by atoms with Crippen LogP contribution in [-0.2, 0) is 0 Å². The molecule has 2 aromatic heterocycles. The predicted molar refractivity (Wildman–Crippen MR) is 164 cm³/mol. The van der Waals surface area contributed by atoms with Crippen LogP contribution in [-0.4, -0.2) is 28.4 Å². The molecule has 204 valence electrons. The van der Waals surface area contributed by atoms with Crippen molar-refractivity contribution in [2.24, 2.45) is 0 Å². The van der Waals surface area contributed by atoms with Gasteiger partial charge in [0, 0.05) is 16.5 Å². The summed E-state index contributed by atoms with van der Waals surface area (Å²) in [5, 5.41) is 2.22. The van der Waals surface area contributed by atoms with E-state index in [1.54, 1.807) is 28.4 Å². The maximum Gasteiger partial charge on any atom is 0.226 e. The van der Waals surface area contributed by atoms with Crippen molar-refractivity contribution in [3.05, 3.63) is 109 Å². The number of aromatic nitrogens is 1. The Hall–Kier alpha value is -5.03. The normalized spacial score (nSPS) is 11.0. The molecule has 6 aromatic rings. The fourth-order valence-corrected chi connectivity index (χ4v) is 5.57. The first-order valence-electron chi connectivity index (χ1n) is 13.5. The fourth-order valence-electron chi connectivity index (χ4n) is 5.57. The summed E-state index contributed by atoms with van der Waals surface area (Å²) >= 11 is 0. The molecule has 0 aliphatic heterocycles. The first-order chi connectivity index (χ1) is 20.0. The molecule has 6 rings (SSSR count). The van der Waals surface area contributed by atoms with E-state index in [-0.39, 0.29) is 0 Å². The lowest BCUT2D eigenvalue weighted by atomic mass is 9.90. The van der Waals surface area contributed by atoms with Crippen molar-refractivity contribution in [3.8, 4) is 56.5 Å². The average Bonchev–Trinajstić information content (AvgIpc) is 3.03. The lowest BCUT2D eigenvalue weighted by Gasteiger charge is -2.16. The number of aryl methyl sites for hydroxylation is 1. The van der Waals surface area contributed by atoms with Crippen LogP contribution in [0.25, 0.3) is 49.8 Å². The van der Waals surface area contributed by atoms with Gasteiger partial charge in [-0.15, -0.1) is 0 Å². The molecular formula is C36H32NO4+. The third-order valence-electron chi connectivity index (χ3n) is 7.57. The Morgan fingerprint density at radius 1 is 0.488 bits per heavy atom. The molecule has 0 bridgehead atoms. The van der Waals surface area contributed by atoms with Gasteiger partial charge in [-0.3, -0.25) is 0 Å². The number of hydrogen-bond acceptors (Lipinski definition) is 4. The van der Waals surface area contributed by atoms with Gasteiger partial charge in [0.2, 0.25) is 11.2 Å². The molecule has 0 aliphatic carbocycles. The highest BCUT2D eigenvalue weighted by atomic mass is 16.5. The first kappa shape index (κ1) is 26.2. The van der Waals surface area contributed by atoms with Gasteiger partial charge >= 0.3 is 0 Å². The first-order valence-corrected chi connectivity index (χ1v) is 13.5. The van der Waals surface area contributed by atoms with E-state index in [9.17, 15) is 0 Å². The Kier molecular flexibility index (Phi) is 6.94. The van der Waals surface area contributed by atoms with Gasteiger partial charge in [-0.05, 0) is 90.8 Å². The molecule has 0 atom stereocenters. The number of fused-ring (bicyclic) bond motifs is 3. The standard InChI is InChI=1S/C36H32NO4/c1-23-20-32(24-6-12-27(38-2)13-7-24)36-31-19-18-30(41-5)21-33(31)34(25-8-14-28(39-3)15-9-25)35(37(36)22-23)26-10-16-29(40-4)17-11-26/h6-22H,1-5H3/q+1. The Bertz CT molecular complexity index is 1860. The lowest BCUT2D eigenvalue weighted by molar-refractivity contribution is -0.497. The second-order valence-electron chi connectivity index (χ2n) is 9.97. The van der Waals surface area contributed by atoms with Crippen LogP contribution in [0.5, 0.6) is 23.0 Å². The molecule has 5 heteroatoms. The average molecular weight is 543 g/mol. The minimum Gasteiger partial charge on any atom is -0.497 e. The Morgan fingerprint density at radius 2 is 0.976 bits per heavy atom. The van der Waals surface area contributed by atoms with Crippen molar-refractivity contribution >= 4 is 16.3 Å². The maximum atomic E-state index is 5.74. The summed E-state index contributed by atoms with van der Waals surface area (Å²) in [5.41, 5.74) is 8.85. The van der Waals surface area contributed by atoms with E-state index in [1.807, 2.05) is 42.5 Å². The quantitative estimate of drug-likeness (QED) is 0.152. The van der Waals surface area contributed by atoms with Gasteiger partial charge in [-0.2, -0.15) is 4.40 Å². The van der Waals surface area contributed by atoms with Gasteiger partial charge in [0.05, 0.1) is 45.0 Å². The van der Waals surface area contributed by atoms with Crippen LogP contribution in [0.2, 0.25) is 0 Å². The van der Waals surface area contributed by atoms with Crippen LogP contribution < -0.4 is 23.3 Å². The van der Waals surface area contributed by atoms with Gasteiger partial charge in [0.1, 0.15) is 23.0 Å². The second kappa shape index (κ2) is 10.9. The fraction of sp³-hybridized carbons (Fsp3) is 0.139. The zero-order valence-corrected chi connectivity index (χ0v) is 23.9. The highest BCUT2D eigenvalue weighted by Crippen LogP contribution is 2.42. The number of methoxy groups -OCH3 is 4. The molecule has 0 N–H and O–H groups in total. The number of ether oxygens (including phenoxy) is 4. The largest absolute Gasteiger partial charge is 0.497 e. The third-order valence-corrected chi connectivity index (χ3v) is 7.57. The molecule has 0 unspecified atom stereocenters. The number of rotatable bonds is 7. The van der Waals surface area contributed by atoms with Crippen LogP contribution in [0.1, 0.15) is 5.56 Å². The van der Waals surface area contributed by atoms with Gasteiger partial charge in [0.15, 0.2) is 6.20 Å². The van der Waals surface area contributed by atoms with E-state index in [1.165, 1.54) is 0 Å². The van der Waals surface area contributed by atoms with Gasteiger partial charge in [0.25, 0.3) is 0 Å². The topological polar surface area (TPSA) is 41.0 Å². The van der Waals surface area contributed by atoms with E-state index < -0.39 is 0 Å². The molecule has 2 heterocycles. The lowest BCUT2D eigenvalue weighted by Crippen LogP contribution is -2.27. The van der Waals surface area contributed by atoms with Crippen molar-refractivity contribution in [1.29, 1.82) is 0 Å². The van der Waals surface area contributed by atoms with E-state index in [0.717, 1.165) is 78.4 Å². The Balaban J connectivity index is 1.81. The third kappa shape index (κ3) is 4.70. The number of pyridine rings is 2. The summed E-state index contributed by atoms with van der Waals surface area (Å²) in [7, 11) is 6.78. The van der Waals surface area contributed by atoms with E-state index >= 15 is 0 Å². The van der Waals surface area contributed by atoms with Crippen molar-refractivity contribution in [2.45, 2.75) is 6.92 Å². The second-order valence-corrected chi connectivity index (χ2v) is 9.97. The Labute approximate surface area is 240 Å². The summed E-state index contributed by atoms with van der Waals surface area (Å²) in [6, 6.07) is 33.4. The molecule has 0 spiro atoms. The molecule has 0 amide bonds. The number of hydrogen-bond donors (Lipinski definition) is 0. The van der Waals surface area contributed by atoms with Crippen LogP contribution in [0.3, 0.4) is 0 Å². The molecule has 0 saturated carbocycles. The molecule has 0 radical (unpaired) electrons. The van der Waals surface area contributed by atoms with E-state index in [4.69, 9.17) is 18.9 Å². The van der Waals surface area contributed by atoms with Crippen LogP contribution in [0.4, 0.5) is 0 Å². The molecule has 0 fully saturated rings. The van der Waals surface area contributed by atoms with Gasteiger partial charge < -0.3 is 18.9 Å². The summed E-state index contributed by atoms with van der Waals surface area (Å²) in [5.74, 6) is 3.25. The summed E-state index contributed by atoms with van der Waals surface area (Å²) in [4.78, 5) is 0. The molecule has 4 aromatic carbocycles. The predicted octanol–water partition coefficient (Wildman–Crippen LogP) is 7.92. The maximum absolute atomic E-state index is 5.74.